The van der Waals surface area contributed by atoms with Crippen molar-refractivity contribution in [3.63, 3.8) is 0 Å². The lowest BCUT2D eigenvalue weighted by molar-refractivity contribution is 0.963. The molecule has 0 radical (unpaired) electrons. The Labute approximate surface area is 128 Å². The summed E-state index contributed by atoms with van der Waals surface area (Å²) in [7, 11) is 0. The first-order valence-electron chi connectivity index (χ1n) is 6.24. The van der Waals surface area contributed by atoms with Crippen LogP contribution in [0.25, 0.3) is 27.8 Å². The Morgan fingerprint density at radius 3 is 2.90 bits per heavy atom. The van der Waals surface area contributed by atoms with Crippen LogP contribution in [0.15, 0.2) is 42.0 Å². The van der Waals surface area contributed by atoms with Crippen molar-refractivity contribution in [3.8, 4) is 10.7 Å². The average molecular weight is 311 g/mol. The van der Waals surface area contributed by atoms with Gasteiger partial charge in [0.1, 0.15) is 5.01 Å². The maximum Gasteiger partial charge on any atom is 0.235 e. The van der Waals surface area contributed by atoms with Crippen molar-refractivity contribution >= 4 is 39.8 Å². The Balaban J connectivity index is 1.70. The van der Waals surface area contributed by atoms with Crippen LogP contribution in [0.3, 0.4) is 0 Å². The van der Waals surface area contributed by atoms with Crippen LogP contribution in [0.4, 0.5) is 0 Å². The molecule has 0 atom stereocenters. The van der Waals surface area contributed by atoms with Crippen LogP contribution < -0.4 is 0 Å². The molecule has 21 heavy (non-hydrogen) atoms. The van der Waals surface area contributed by atoms with Gasteiger partial charge in [0.2, 0.25) is 4.96 Å². The molecule has 0 saturated carbocycles. The van der Waals surface area contributed by atoms with Crippen molar-refractivity contribution < 1.29 is 0 Å². The first-order chi connectivity index (χ1) is 10.4. The molecule has 0 spiro atoms. The number of hydrogen-bond acceptors (Lipinski definition) is 6. The van der Waals surface area contributed by atoms with E-state index in [1.54, 1.807) is 22.0 Å². The largest absolute Gasteiger partial charge is 0.264 e. The van der Waals surface area contributed by atoms with E-state index in [0.29, 0.717) is 0 Å². The van der Waals surface area contributed by atoms with Crippen molar-refractivity contribution in [3.05, 3.63) is 52.6 Å². The Bertz CT molecular complexity index is 890. The molecule has 0 aliphatic carbocycles. The van der Waals surface area contributed by atoms with Gasteiger partial charge in [0.15, 0.2) is 5.82 Å². The lowest BCUT2D eigenvalue weighted by Crippen LogP contribution is -1.88. The molecule has 0 aromatic carbocycles. The Morgan fingerprint density at radius 2 is 2.10 bits per heavy atom. The quantitative estimate of drug-likeness (QED) is 0.581. The van der Waals surface area contributed by atoms with Crippen LogP contribution in [0.2, 0.25) is 0 Å². The zero-order valence-electron chi connectivity index (χ0n) is 10.7. The smallest absolute Gasteiger partial charge is 0.235 e. The van der Waals surface area contributed by atoms with E-state index >= 15 is 0 Å². The van der Waals surface area contributed by atoms with Crippen LogP contribution in [-0.2, 0) is 0 Å². The zero-order chi connectivity index (χ0) is 14.1. The Kier molecular flexibility index (Phi) is 3.06. The highest BCUT2D eigenvalue weighted by atomic mass is 32.1. The van der Waals surface area contributed by atoms with Crippen molar-refractivity contribution in [2.75, 3.05) is 0 Å². The van der Waals surface area contributed by atoms with E-state index in [4.69, 9.17) is 0 Å². The summed E-state index contributed by atoms with van der Waals surface area (Å²) >= 11 is 3.14. The van der Waals surface area contributed by atoms with E-state index < -0.39 is 0 Å². The summed E-state index contributed by atoms with van der Waals surface area (Å²) in [5.74, 6) is 0.789. The van der Waals surface area contributed by atoms with E-state index in [-0.39, 0.29) is 0 Å². The highest BCUT2D eigenvalue weighted by Crippen LogP contribution is 2.25. The molecule has 0 amide bonds. The molecule has 0 unspecified atom stereocenters. The van der Waals surface area contributed by atoms with E-state index in [1.807, 2.05) is 48.0 Å². The second-order valence-electron chi connectivity index (χ2n) is 4.26. The molecule has 0 aliphatic rings. The van der Waals surface area contributed by atoms with Crippen LogP contribution in [0, 0.1) is 0 Å². The number of rotatable bonds is 3. The monoisotopic (exact) mass is 311 g/mol. The highest BCUT2D eigenvalue weighted by Gasteiger charge is 2.12. The van der Waals surface area contributed by atoms with E-state index in [1.165, 1.54) is 11.3 Å². The predicted molar refractivity (Wildman–Crippen MR) is 85.1 cm³/mol. The maximum absolute atomic E-state index is 4.55. The van der Waals surface area contributed by atoms with Crippen LogP contribution in [-0.4, -0.2) is 24.8 Å². The summed E-state index contributed by atoms with van der Waals surface area (Å²) in [5.41, 5.74) is 1.04. The van der Waals surface area contributed by atoms with Gasteiger partial charge in [-0.25, -0.2) is 0 Å². The minimum absolute atomic E-state index is 0.789. The van der Waals surface area contributed by atoms with Gasteiger partial charge in [-0.15, -0.1) is 21.5 Å². The zero-order valence-corrected chi connectivity index (χ0v) is 12.4. The summed E-state index contributed by atoms with van der Waals surface area (Å²) in [6, 6.07) is 7.93. The molecule has 4 aromatic rings. The van der Waals surface area contributed by atoms with Gasteiger partial charge in [0, 0.05) is 12.4 Å². The fourth-order valence-electron chi connectivity index (χ4n) is 1.90. The molecule has 7 heteroatoms. The maximum atomic E-state index is 4.55. The van der Waals surface area contributed by atoms with E-state index in [9.17, 15) is 0 Å². The van der Waals surface area contributed by atoms with Gasteiger partial charge in [-0.05, 0) is 29.2 Å². The fraction of sp³-hybridized carbons (Fsp3) is 0. The second-order valence-corrected chi connectivity index (χ2v) is 6.19. The van der Waals surface area contributed by atoms with Crippen molar-refractivity contribution in [1.29, 1.82) is 0 Å². The molecular formula is C14H9N5S2. The molecule has 4 heterocycles. The molecule has 0 saturated heterocycles. The van der Waals surface area contributed by atoms with Crippen molar-refractivity contribution in [2.45, 2.75) is 0 Å². The fourth-order valence-corrected chi connectivity index (χ4v) is 3.34. The third kappa shape index (κ3) is 2.37. The molecule has 0 N–H and O–H groups in total. The molecule has 5 nitrogen and oxygen atoms in total. The van der Waals surface area contributed by atoms with Crippen LogP contribution >= 0.6 is 22.7 Å². The first kappa shape index (κ1) is 12.4. The van der Waals surface area contributed by atoms with Crippen molar-refractivity contribution in [2.24, 2.45) is 0 Å². The van der Waals surface area contributed by atoms with Gasteiger partial charge >= 0.3 is 0 Å². The van der Waals surface area contributed by atoms with Gasteiger partial charge in [-0.2, -0.15) is 9.61 Å². The third-order valence-electron chi connectivity index (χ3n) is 2.85. The minimum atomic E-state index is 0.789. The summed E-state index contributed by atoms with van der Waals surface area (Å²) in [6.45, 7) is 0. The number of pyridine rings is 1. The second kappa shape index (κ2) is 5.19. The van der Waals surface area contributed by atoms with Gasteiger partial charge in [0.25, 0.3) is 0 Å². The lowest BCUT2D eigenvalue weighted by Gasteiger charge is -1.90. The van der Waals surface area contributed by atoms with Crippen LogP contribution in [0.1, 0.15) is 10.6 Å². The number of aromatic nitrogens is 5. The van der Waals surface area contributed by atoms with Crippen LogP contribution in [0.5, 0.6) is 0 Å². The van der Waals surface area contributed by atoms with Gasteiger partial charge in [-0.3, -0.25) is 4.98 Å². The predicted octanol–water partition coefficient (Wildman–Crippen LogP) is 3.48. The SMILES string of the molecule is C(=C\c1nn2c(-c3cccs3)nnc2s1)/c1cccnc1. The number of hydrogen-bond donors (Lipinski definition) is 0. The number of thiophene rings is 1. The molecule has 0 fully saturated rings. The summed E-state index contributed by atoms with van der Waals surface area (Å²) in [4.78, 5) is 5.94. The molecule has 102 valence electrons. The van der Waals surface area contributed by atoms with Crippen molar-refractivity contribution in [1.82, 2.24) is 24.8 Å². The first-order valence-corrected chi connectivity index (χ1v) is 7.94. The van der Waals surface area contributed by atoms with Gasteiger partial charge in [-0.1, -0.05) is 29.5 Å². The number of nitrogens with zero attached hydrogens (tertiary/aromatic N) is 5. The third-order valence-corrected chi connectivity index (χ3v) is 4.58. The van der Waals surface area contributed by atoms with Gasteiger partial charge in [0.05, 0.1) is 4.88 Å². The minimum Gasteiger partial charge on any atom is -0.264 e. The molecule has 0 bridgehead atoms. The Hall–Kier alpha value is -2.38. The van der Waals surface area contributed by atoms with E-state index in [2.05, 4.69) is 20.3 Å². The highest BCUT2D eigenvalue weighted by molar-refractivity contribution is 7.17. The standard InChI is InChI=1S/C14H9N5S2/c1-3-10(9-15-7-1)5-6-12-18-19-13(11-4-2-8-20-11)16-17-14(19)21-12/h1-9H/b6-5+. The molecule has 4 rings (SSSR count). The van der Waals surface area contributed by atoms with Gasteiger partial charge < -0.3 is 0 Å². The molecule has 0 aliphatic heterocycles. The summed E-state index contributed by atoms with van der Waals surface area (Å²) in [5, 5.41) is 15.8. The summed E-state index contributed by atoms with van der Waals surface area (Å²) < 4.78 is 1.79. The Morgan fingerprint density at radius 1 is 1.10 bits per heavy atom. The summed E-state index contributed by atoms with van der Waals surface area (Å²) in [6.07, 6.45) is 7.53. The average Bonchev–Trinajstić information content (AvgIpc) is 3.22. The topological polar surface area (TPSA) is 56.0 Å². The van der Waals surface area contributed by atoms with E-state index in [0.717, 1.165) is 26.2 Å². The molecular weight excluding hydrogens is 302 g/mol. The normalized spacial score (nSPS) is 11.6. The number of fused-ring (bicyclic) bond motifs is 1. The molecule has 4 aromatic heterocycles. The lowest BCUT2D eigenvalue weighted by atomic mass is 10.3.